The predicted molar refractivity (Wildman–Crippen MR) is 77.8 cm³/mol. The van der Waals surface area contributed by atoms with Gasteiger partial charge in [-0.1, -0.05) is 18.2 Å². The average Bonchev–Trinajstić information content (AvgIpc) is 2.46. The molecule has 0 saturated carbocycles. The van der Waals surface area contributed by atoms with Gasteiger partial charge in [-0.2, -0.15) is 8.78 Å². The van der Waals surface area contributed by atoms with Crippen LogP contribution in [-0.4, -0.2) is 25.6 Å². The summed E-state index contributed by atoms with van der Waals surface area (Å²) >= 11 is 0. The smallest absolute Gasteiger partial charge is 0.387 e. The van der Waals surface area contributed by atoms with E-state index in [-0.39, 0.29) is 36.5 Å². The first-order valence-corrected chi connectivity index (χ1v) is 6.68. The SMILES string of the molecule is Cl.O=C(NCc1ccccc1OC(F)F)C1CCCNC1. The molecule has 2 rings (SSSR count). The third kappa shape index (κ3) is 5.47. The van der Waals surface area contributed by atoms with Crippen LogP contribution in [0.25, 0.3) is 0 Å². The minimum absolute atomic E-state index is 0. The van der Waals surface area contributed by atoms with E-state index < -0.39 is 6.61 Å². The Balaban J connectivity index is 0.00000220. The summed E-state index contributed by atoms with van der Waals surface area (Å²) in [5.74, 6) is 0.000508. The fourth-order valence-corrected chi connectivity index (χ4v) is 2.26. The molecule has 1 atom stereocenters. The molecule has 21 heavy (non-hydrogen) atoms. The molecule has 1 heterocycles. The number of piperidine rings is 1. The van der Waals surface area contributed by atoms with Crippen LogP contribution in [0.3, 0.4) is 0 Å². The molecule has 0 aliphatic carbocycles. The van der Waals surface area contributed by atoms with Gasteiger partial charge in [0.15, 0.2) is 0 Å². The number of alkyl halides is 2. The molecule has 118 valence electrons. The normalized spacial score (nSPS) is 18.0. The molecule has 0 radical (unpaired) electrons. The fraction of sp³-hybridized carbons (Fsp3) is 0.500. The van der Waals surface area contributed by atoms with Gasteiger partial charge in [0.2, 0.25) is 5.91 Å². The van der Waals surface area contributed by atoms with Gasteiger partial charge in [0.25, 0.3) is 0 Å². The Labute approximate surface area is 128 Å². The van der Waals surface area contributed by atoms with Gasteiger partial charge in [-0.05, 0) is 25.5 Å². The third-order valence-electron chi connectivity index (χ3n) is 3.31. The van der Waals surface area contributed by atoms with E-state index in [1.165, 1.54) is 6.07 Å². The van der Waals surface area contributed by atoms with Crippen molar-refractivity contribution in [2.24, 2.45) is 5.92 Å². The number of carbonyl (C=O) groups excluding carboxylic acids is 1. The highest BCUT2D eigenvalue weighted by atomic mass is 35.5. The van der Waals surface area contributed by atoms with Crippen LogP contribution in [0.4, 0.5) is 8.78 Å². The summed E-state index contributed by atoms with van der Waals surface area (Å²) in [7, 11) is 0. The number of hydrogen-bond acceptors (Lipinski definition) is 3. The number of ether oxygens (including phenoxy) is 1. The zero-order valence-corrected chi connectivity index (χ0v) is 12.3. The van der Waals surface area contributed by atoms with Crippen molar-refractivity contribution in [1.29, 1.82) is 0 Å². The Hall–Kier alpha value is -1.40. The van der Waals surface area contributed by atoms with E-state index in [2.05, 4.69) is 15.4 Å². The molecule has 1 saturated heterocycles. The summed E-state index contributed by atoms with van der Waals surface area (Å²) in [6.45, 7) is -1.07. The number of para-hydroxylation sites is 1. The number of nitrogens with one attached hydrogen (secondary N) is 2. The van der Waals surface area contributed by atoms with E-state index in [0.29, 0.717) is 12.1 Å². The van der Waals surface area contributed by atoms with Gasteiger partial charge >= 0.3 is 6.61 Å². The standard InChI is InChI=1S/C14H18F2N2O2.ClH/c15-14(16)20-12-6-2-1-4-10(12)9-18-13(19)11-5-3-7-17-8-11;/h1-2,4,6,11,14,17H,3,5,7-9H2,(H,18,19);1H. The largest absolute Gasteiger partial charge is 0.434 e. The minimum Gasteiger partial charge on any atom is -0.434 e. The van der Waals surface area contributed by atoms with Crippen LogP contribution in [0.15, 0.2) is 24.3 Å². The van der Waals surface area contributed by atoms with Crippen molar-refractivity contribution in [2.75, 3.05) is 13.1 Å². The summed E-state index contributed by atoms with van der Waals surface area (Å²) in [6, 6.07) is 6.48. The van der Waals surface area contributed by atoms with Crippen molar-refractivity contribution in [3.8, 4) is 5.75 Å². The van der Waals surface area contributed by atoms with Crippen LogP contribution in [-0.2, 0) is 11.3 Å². The van der Waals surface area contributed by atoms with Gasteiger partial charge < -0.3 is 15.4 Å². The molecule has 1 unspecified atom stereocenters. The maximum Gasteiger partial charge on any atom is 0.387 e. The number of amides is 1. The van der Waals surface area contributed by atoms with E-state index in [4.69, 9.17) is 0 Å². The molecular formula is C14H19ClF2N2O2. The Morgan fingerprint density at radius 2 is 2.19 bits per heavy atom. The summed E-state index contributed by atoms with van der Waals surface area (Å²) in [5.41, 5.74) is 0.546. The Morgan fingerprint density at radius 1 is 1.43 bits per heavy atom. The van der Waals surface area contributed by atoms with Crippen LogP contribution in [0.5, 0.6) is 5.75 Å². The topological polar surface area (TPSA) is 50.4 Å². The molecule has 1 aromatic rings. The van der Waals surface area contributed by atoms with Crippen molar-refractivity contribution in [3.63, 3.8) is 0 Å². The molecule has 1 aliphatic heterocycles. The van der Waals surface area contributed by atoms with E-state index in [1.807, 2.05) is 0 Å². The Morgan fingerprint density at radius 3 is 2.86 bits per heavy atom. The lowest BCUT2D eigenvalue weighted by atomic mass is 9.99. The Kier molecular flexibility index (Phi) is 7.39. The lowest BCUT2D eigenvalue weighted by Gasteiger charge is -2.22. The first-order chi connectivity index (χ1) is 9.66. The lowest BCUT2D eigenvalue weighted by Crippen LogP contribution is -2.40. The van der Waals surface area contributed by atoms with Crippen LogP contribution in [0.2, 0.25) is 0 Å². The van der Waals surface area contributed by atoms with E-state index in [9.17, 15) is 13.6 Å². The zero-order chi connectivity index (χ0) is 14.4. The van der Waals surface area contributed by atoms with Crippen molar-refractivity contribution >= 4 is 18.3 Å². The lowest BCUT2D eigenvalue weighted by molar-refractivity contribution is -0.125. The van der Waals surface area contributed by atoms with Crippen LogP contribution < -0.4 is 15.4 Å². The van der Waals surface area contributed by atoms with E-state index in [0.717, 1.165) is 19.4 Å². The van der Waals surface area contributed by atoms with E-state index in [1.54, 1.807) is 18.2 Å². The van der Waals surface area contributed by atoms with Crippen LogP contribution >= 0.6 is 12.4 Å². The molecule has 1 fully saturated rings. The summed E-state index contributed by atoms with van der Waals surface area (Å²) in [6.07, 6.45) is 1.83. The maximum absolute atomic E-state index is 12.3. The van der Waals surface area contributed by atoms with Gasteiger partial charge in [0.05, 0.1) is 5.92 Å². The van der Waals surface area contributed by atoms with Crippen LogP contribution in [0, 0.1) is 5.92 Å². The molecule has 1 aliphatic rings. The third-order valence-corrected chi connectivity index (χ3v) is 3.31. The second-order valence-corrected chi connectivity index (χ2v) is 4.75. The first-order valence-electron chi connectivity index (χ1n) is 6.68. The van der Waals surface area contributed by atoms with Gasteiger partial charge in [-0.25, -0.2) is 0 Å². The molecule has 4 nitrogen and oxygen atoms in total. The molecule has 0 bridgehead atoms. The van der Waals surface area contributed by atoms with Crippen molar-refractivity contribution in [2.45, 2.75) is 26.0 Å². The van der Waals surface area contributed by atoms with Gasteiger partial charge in [0.1, 0.15) is 5.75 Å². The summed E-state index contributed by atoms with van der Waals surface area (Å²) in [4.78, 5) is 12.0. The second-order valence-electron chi connectivity index (χ2n) is 4.75. The monoisotopic (exact) mass is 320 g/mol. The van der Waals surface area contributed by atoms with E-state index >= 15 is 0 Å². The summed E-state index contributed by atoms with van der Waals surface area (Å²) in [5, 5.41) is 5.95. The summed E-state index contributed by atoms with van der Waals surface area (Å²) < 4.78 is 29.0. The number of carbonyl (C=O) groups is 1. The quantitative estimate of drug-likeness (QED) is 0.875. The molecule has 1 aromatic carbocycles. The van der Waals surface area contributed by atoms with Crippen molar-refractivity contribution in [1.82, 2.24) is 10.6 Å². The molecule has 7 heteroatoms. The van der Waals surface area contributed by atoms with Crippen molar-refractivity contribution in [3.05, 3.63) is 29.8 Å². The number of benzene rings is 1. The molecular weight excluding hydrogens is 302 g/mol. The molecule has 1 amide bonds. The first kappa shape index (κ1) is 17.7. The number of hydrogen-bond donors (Lipinski definition) is 2. The molecule has 0 aromatic heterocycles. The van der Waals surface area contributed by atoms with Crippen molar-refractivity contribution < 1.29 is 18.3 Å². The average molecular weight is 321 g/mol. The predicted octanol–water partition coefficient (Wildman–Crippen LogP) is 2.33. The second kappa shape index (κ2) is 8.79. The molecule has 0 spiro atoms. The highest BCUT2D eigenvalue weighted by Gasteiger charge is 2.20. The number of rotatable bonds is 5. The van der Waals surface area contributed by atoms with Gasteiger partial charge in [-0.3, -0.25) is 4.79 Å². The minimum atomic E-state index is -2.87. The zero-order valence-electron chi connectivity index (χ0n) is 11.5. The maximum atomic E-state index is 12.3. The highest BCUT2D eigenvalue weighted by molar-refractivity contribution is 5.85. The molecule has 2 N–H and O–H groups in total. The van der Waals surface area contributed by atoms with Gasteiger partial charge in [-0.15, -0.1) is 12.4 Å². The fourth-order valence-electron chi connectivity index (χ4n) is 2.26. The van der Waals surface area contributed by atoms with Gasteiger partial charge in [0, 0.05) is 18.7 Å². The van der Waals surface area contributed by atoms with Crippen LogP contribution in [0.1, 0.15) is 18.4 Å². The highest BCUT2D eigenvalue weighted by Crippen LogP contribution is 2.20. The Bertz CT molecular complexity index is 454. The number of halogens is 3.